The van der Waals surface area contributed by atoms with Crippen LogP contribution in [0.1, 0.15) is 49.4 Å². The lowest BCUT2D eigenvalue weighted by Gasteiger charge is -2.28. The molecule has 1 atom stereocenters. The highest BCUT2D eigenvalue weighted by atomic mass is 16.5. The Morgan fingerprint density at radius 3 is 2.42 bits per heavy atom. The van der Waals surface area contributed by atoms with Gasteiger partial charge in [0.05, 0.1) is 13.0 Å². The first-order valence-electron chi connectivity index (χ1n) is 8.03. The zero-order chi connectivity index (χ0) is 16.8. The monoisotopic (exact) mass is 320 g/mol. The van der Waals surface area contributed by atoms with Crippen LogP contribution >= 0.6 is 0 Å². The number of benzene rings is 2. The number of carbonyl (C=O) groups excluding carboxylic acids is 3. The molecular formula is C20H16O4. The first-order chi connectivity index (χ1) is 11.6. The summed E-state index contributed by atoms with van der Waals surface area (Å²) in [7, 11) is 1.38. The molecule has 0 amide bonds. The SMILES string of the molecule is COC(=O)C1CCc2ccc3c(c2C1)C(=O)c1ccccc1C3=O. The maximum atomic E-state index is 13.0. The fourth-order valence-electron chi connectivity index (χ4n) is 3.81. The van der Waals surface area contributed by atoms with Crippen LogP contribution in [0.2, 0.25) is 0 Å². The first kappa shape index (κ1) is 14.8. The second kappa shape index (κ2) is 5.41. The summed E-state index contributed by atoms with van der Waals surface area (Å²) >= 11 is 0. The van der Waals surface area contributed by atoms with Gasteiger partial charge in [0.15, 0.2) is 11.6 Å². The Labute approximate surface area is 139 Å². The van der Waals surface area contributed by atoms with E-state index in [-0.39, 0.29) is 23.5 Å². The van der Waals surface area contributed by atoms with E-state index < -0.39 is 0 Å². The van der Waals surface area contributed by atoms with Gasteiger partial charge < -0.3 is 4.74 Å². The number of fused-ring (bicyclic) bond motifs is 4. The Kier molecular flexibility index (Phi) is 3.34. The maximum absolute atomic E-state index is 13.0. The van der Waals surface area contributed by atoms with Crippen LogP contribution in [-0.2, 0) is 22.4 Å². The lowest BCUT2D eigenvalue weighted by atomic mass is 9.75. The molecule has 120 valence electrons. The van der Waals surface area contributed by atoms with Crippen LogP contribution in [-0.4, -0.2) is 24.6 Å². The molecule has 0 saturated carbocycles. The summed E-state index contributed by atoms with van der Waals surface area (Å²) in [5, 5.41) is 0. The molecule has 0 N–H and O–H groups in total. The second-order valence-corrected chi connectivity index (χ2v) is 6.29. The largest absolute Gasteiger partial charge is 0.469 e. The summed E-state index contributed by atoms with van der Waals surface area (Å²) in [4.78, 5) is 37.7. The summed E-state index contributed by atoms with van der Waals surface area (Å²) < 4.78 is 4.86. The van der Waals surface area contributed by atoms with Gasteiger partial charge >= 0.3 is 5.97 Å². The zero-order valence-electron chi connectivity index (χ0n) is 13.3. The van der Waals surface area contributed by atoms with Crippen molar-refractivity contribution in [1.29, 1.82) is 0 Å². The van der Waals surface area contributed by atoms with E-state index in [1.54, 1.807) is 30.3 Å². The van der Waals surface area contributed by atoms with E-state index in [0.717, 1.165) is 11.1 Å². The molecule has 24 heavy (non-hydrogen) atoms. The third-order valence-corrected chi connectivity index (χ3v) is 5.05. The molecular weight excluding hydrogens is 304 g/mol. The highest BCUT2D eigenvalue weighted by Gasteiger charge is 2.35. The molecule has 2 aromatic rings. The van der Waals surface area contributed by atoms with Crippen LogP contribution in [0.3, 0.4) is 0 Å². The number of aryl methyl sites for hydroxylation is 1. The number of rotatable bonds is 1. The molecule has 0 aliphatic heterocycles. The minimum Gasteiger partial charge on any atom is -0.469 e. The summed E-state index contributed by atoms with van der Waals surface area (Å²) in [5.41, 5.74) is 3.71. The highest BCUT2D eigenvalue weighted by molar-refractivity contribution is 6.29. The van der Waals surface area contributed by atoms with Crippen molar-refractivity contribution in [1.82, 2.24) is 0 Å². The quantitative estimate of drug-likeness (QED) is 0.647. The van der Waals surface area contributed by atoms with Gasteiger partial charge in [-0.15, -0.1) is 0 Å². The van der Waals surface area contributed by atoms with E-state index in [9.17, 15) is 14.4 Å². The van der Waals surface area contributed by atoms with Gasteiger partial charge in [-0.3, -0.25) is 14.4 Å². The van der Waals surface area contributed by atoms with Gasteiger partial charge in [-0.05, 0) is 36.5 Å². The van der Waals surface area contributed by atoms with Crippen LogP contribution in [0.15, 0.2) is 36.4 Å². The Bertz CT molecular complexity index is 895. The minimum absolute atomic E-state index is 0.122. The van der Waals surface area contributed by atoms with E-state index in [0.29, 0.717) is 41.5 Å². The number of hydrogen-bond donors (Lipinski definition) is 0. The van der Waals surface area contributed by atoms with Gasteiger partial charge in [-0.1, -0.05) is 30.3 Å². The molecule has 0 aromatic heterocycles. The van der Waals surface area contributed by atoms with Crippen molar-refractivity contribution in [3.63, 3.8) is 0 Å². The molecule has 4 heteroatoms. The van der Waals surface area contributed by atoms with E-state index in [1.165, 1.54) is 7.11 Å². The lowest BCUT2D eigenvalue weighted by Crippen LogP contribution is -2.29. The van der Waals surface area contributed by atoms with E-state index in [1.807, 2.05) is 6.07 Å². The molecule has 4 rings (SSSR count). The Balaban J connectivity index is 1.88. The second-order valence-electron chi connectivity index (χ2n) is 6.29. The zero-order valence-corrected chi connectivity index (χ0v) is 13.3. The van der Waals surface area contributed by atoms with Crippen molar-refractivity contribution >= 4 is 17.5 Å². The lowest BCUT2D eigenvalue weighted by molar-refractivity contribution is -0.145. The van der Waals surface area contributed by atoms with Crippen molar-refractivity contribution in [3.05, 3.63) is 69.8 Å². The van der Waals surface area contributed by atoms with Gasteiger partial charge in [-0.2, -0.15) is 0 Å². The molecule has 0 radical (unpaired) electrons. The summed E-state index contributed by atoms with van der Waals surface area (Å²) in [5.74, 6) is -0.756. The van der Waals surface area contributed by atoms with Crippen molar-refractivity contribution < 1.29 is 19.1 Å². The van der Waals surface area contributed by atoms with Crippen molar-refractivity contribution in [2.75, 3.05) is 7.11 Å². The number of hydrogen-bond acceptors (Lipinski definition) is 4. The molecule has 2 aromatic carbocycles. The van der Waals surface area contributed by atoms with E-state index >= 15 is 0 Å². The van der Waals surface area contributed by atoms with Crippen LogP contribution in [0, 0.1) is 5.92 Å². The molecule has 4 nitrogen and oxygen atoms in total. The molecule has 0 heterocycles. The predicted octanol–water partition coefficient (Wildman–Crippen LogP) is 2.74. The average molecular weight is 320 g/mol. The highest BCUT2D eigenvalue weighted by Crippen LogP contribution is 2.36. The number of ketones is 2. The molecule has 0 bridgehead atoms. The fraction of sp³-hybridized carbons (Fsp3) is 0.250. The van der Waals surface area contributed by atoms with E-state index in [4.69, 9.17) is 4.74 Å². The Hall–Kier alpha value is -2.75. The molecule has 0 saturated heterocycles. The van der Waals surface area contributed by atoms with Gasteiger partial charge in [0.25, 0.3) is 0 Å². The number of carbonyl (C=O) groups is 3. The Morgan fingerprint density at radius 2 is 1.71 bits per heavy atom. The third kappa shape index (κ3) is 2.03. The fourth-order valence-corrected chi connectivity index (χ4v) is 3.81. The molecule has 0 spiro atoms. The molecule has 2 aliphatic carbocycles. The van der Waals surface area contributed by atoms with Gasteiger partial charge in [0.2, 0.25) is 0 Å². The van der Waals surface area contributed by atoms with E-state index in [2.05, 4.69) is 0 Å². The van der Waals surface area contributed by atoms with Gasteiger partial charge in [-0.25, -0.2) is 0 Å². The van der Waals surface area contributed by atoms with Crippen LogP contribution in [0.4, 0.5) is 0 Å². The third-order valence-electron chi connectivity index (χ3n) is 5.05. The van der Waals surface area contributed by atoms with Crippen molar-refractivity contribution in [2.24, 2.45) is 5.92 Å². The topological polar surface area (TPSA) is 60.4 Å². The number of ether oxygens (including phenoxy) is 1. The summed E-state index contributed by atoms with van der Waals surface area (Å²) in [6, 6.07) is 10.6. The first-order valence-corrected chi connectivity index (χ1v) is 8.03. The minimum atomic E-state index is -0.256. The summed E-state index contributed by atoms with van der Waals surface area (Å²) in [6.07, 6.45) is 1.87. The number of esters is 1. The summed E-state index contributed by atoms with van der Waals surface area (Å²) in [6.45, 7) is 0. The van der Waals surface area contributed by atoms with Crippen molar-refractivity contribution in [3.8, 4) is 0 Å². The van der Waals surface area contributed by atoms with Gasteiger partial charge in [0, 0.05) is 22.3 Å². The average Bonchev–Trinajstić information content (AvgIpc) is 2.64. The van der Waals surface area contributed by atoms with Crippen LogP contribution in [0.5, 0.6) is 0 Å². The molecule has 0 fully saturated rings. The normalized spacial score (nSPS) is 18.5. The Morgan fingerprint density at radius 1 is 1.00 bits per heavy atom. The standard InChI is InChI=1S/C20H16O4/c1-24-20(23)12-7-6-11-8-9-15-17(16(11)10-12)19(22)14-5-3-2-4-13(14)18(15)21/h2-5,8-9,12H,6-7,10H2,1H3. The maximum Gasteiger partial charge on any atom is 0.309 e. The van der Waals surface area contributed by atoms with Crippen LogP contribution in [0.25, 0.3) is 0 Å². The smallest absolute Gasteiger partial charge is 0.309 e. The van der Waals surface area contributed by atoms with Crippen molar-refractivity contribution in [2.45, 2.75) is 19.3 Å². The van der Waals surface area contributed by atoms with Gasteiger partial charge in [0.1, 0.15) is 0 Å². The molecule has 2 aliphatic rings. The predicted molar refractivity (Wildman–Crippen MR) is 87.3 cm³/mol. The molecule has 1 unspecified atom stereocenters. The van der Waals surface area contributed by atoms with Crippen LogP contribution < -0.4 is 0 Å². The number of methoxy groups -OCH3 is 1.